The lowest BCUT2D eigenvalue weighted by Crippen LogP contribution is -2.37. The fourth-order valence-corrected chi connectivity index (χ4v) is 4.79. The van der Waals surface area contributed by atoms with Crippen LogP contribution in [0, 0.1) is 0 Å². The first-order chi connectivity index (χ1) is 17.3. The van der Waals surface area contributed by atoms with Gasteiger partial charge < -0.3 is 35.0 Å². The van der Waals surface area contributed by atoms with Crippen LogP contribution in [0.4, 0.5) is 17.5 Å². The van der Waals surface area contributed by atoms with E-state index >= 15 is 0 Å². The van der Waals surface area contributed by atoms with E-state index in [2.05, 4.69) is 39.4 Å². The van der Waals surface area contributed by atoms with Gasteiger partial charge >= 0.3 is 0 Å². The van der Waals surface area contributed by atoms with E-state index in [0.29, 0.717) is 30.4 Å². The van der Waals surface area contributed by atoms with Gasteiger partial charge in [-0.1, -0.05) is 0 Å². The first-order valence-corrected chi connectivity index (χ1v) is 13.1. The molecule has 2 saturated heterocycles. The predicted octanol–water partition coefficient (Wildman–Crippen LogP) is 2.18. The van der Waals surface area contributed by atoms with E-state index in [9.17, 15) is 4.79 Å². The van der Waals surface area contributed by atoms with Crippen LogP contribution in [0.1, 0.15) is 25.7 Å². The number of nitrogens with one attached hydrogen (secondary N) is 2. The van der Waals surface area contributed by atoms with Gasteiger partial charge in [-0.2, -0.15) is 4.98 Å². The molecule has 0 unspecified atom stereocenters. The number of methoxy groups -OCH3 is 1. The second-order valence-corrected chi connectivity index (χ2v) is 10.4. The lowest BCUT2D eigenvalue weighted by atomic mass is 10.1. The number of fused-ring (bicyclic) bond motifs is 1. The van der Waals surface area contributed by atoms with Gasteiger partial charge in [0.1, 0.15) is 11.6 Å². The van der Waals surface area contributed by atoms with Crippen LogP contribution in [0.15, 0.2) is 12.1 Å². The monoisotopic (exact) mass is 498 g/mol. The molecule has 0 radical (unpaired) electrons. The number of hydrogen-bond donors (Lipinski definition) is 2. The molecule has 198 valence electrons. The van der Waals surface area contributed by atoms with Crippen LogP contribution < -0.4 is 20.3 Å². The van der Waals surface area contributed by atoms with Crippen molar-refractivity contribution in [1.82, 2.24) is 24.7 Å². The molecule has 0 spiro atoms. The number of benzene rings is 1. The molecule has 0 atom stereocenters. The number of aromatic nitrogens is 2. The Labute approximate surface area is 215 Å². The molecule has 10 heteroatoms. The van der Waals surface area contributed by atoms with Crippen molar-refractivity contribution in [2.75, 3.05) is 96.6 Å². The molecule has 2 fully saturated rings. The van der Waals surface area contributed by atoms with Crippen molar-refractivity contribution in [3.63, 3.8) is 0 Å². The van der Waals surface area contributed by atoms with Crippen molar-refractivity contribution in [2.24, 2.45) is 0 Å². The number of nitrogens with zero attached hydrogens (tertiary/aromatic N) is 6. The van der Waals surface area contributed by atoms with E-state index in [-0.39, 0.29) is 5.91 Å². The van der Waals surface area contributed by atoms with Crippen molar-refractivity contribution >= 4 is 34.3 Å². The Morgan fingerprint density at radius 2 is 1.81 bits per heavy atom. The highest BCUT2D eigenvalue weighted by Crippen LogP contribution is 2.34. The van der Waals surface area contributed by atoms with Gasteiger partial charge in [-0.3, -0.25) is 4.79 Å². The summed E-state index contributed by atoms with van der Waals surface area (Å²) in [6.45, 7) is 6.69. The largest absolute Gasteiger partial charge is 0.495 e. The minimum absolute atomic E-state index is 0.0455. The fraction of sp³-hybridized carbons (Fsp3) is 0.654. The molecule has 36 heavy (non-hydrogen) atoms. The maximum Gasteiger partial charge on any atom is 0.227 e. The molecule has 2 aliphatic heterocycles. The normalized spacial score (nSPS) is 18.4. The van der Waals surface area contributed by atoms with Gasteiger partial charge in [0.2, 0.25) is 11.9 Å². The van der Waals surface area contributed by atoms with Crippen LogP contribution in [-0.4, -0.2) is 118 Å². The number of anilines is 3. The molecule has 10 nitrogen and oxygen atoms in total. The molecule has 0 saturated carbocycles. The minimum Gasteiger partial charge on any atom is -0.495 e. The maximum atomic E-state index is 12.6. The Morgan fingerprint density at radius 3 is 2.53 bits per heavy atom. The van der Waals surface area contributed by atoms with E-state index in [4.69, 9.17) is 14.7 Å². The summed E-state index contributed by atoms with van der Waals surface area (Å²) in [5.41, 5.74) is 1.44. The Bertz CT molecular complexity index is 1040. The topological polar surface area (TPSA) is 89.1 Å². The molecule has 2 aromatic rings. The standard InChI is InChI=1S/C26H42N8O2/c1-31(2)12-9-24(35)28-22-18-21-20(17-23(22)36-5)25(27-19-7-13-33(4)14-8-19)30-26(29-21)34-11-6-10-32(3)15-16-34/h17-19H,6-16H2,1-5H3,(H,28,35)(H,27,29,30). The van der Waals surface area contributed by atoms with Gasteiger partial charge in [0.25, 0.3) is 0 Å². The average molecular weight is 499 g/mol. The summed E-state index contributed by atoms with van der Waals surface area (Å²) in [7, 11) is 9.88. The van der Waals surface area contributed by atoms with Gasteiger partial charge in [0.05, 0.1) is 18.3 Å². The summed E-state index contributed by atoms with van der Waals surface area (Å²) in [4.78, 5) is 31.6. The number of amides is 1. The highest BCUT2D eigenvalue weighted by atomic mass is 16.5. The Balaban J connectivity index is 1.69. The van der Waals surface area contributed by atoms with Gasteiger partial charge in [-0.25, -0.2) is 4.98 Å². The quantitative estimate of drug-likeness (QED) is 0.568. The minimum atomic E-state index is -0.0455. The number of carbonyl (C=O) groups is 1. The van der Waals surface area contributed by atoms with Crippen LogP contribution in [-0.2, 0) is 4.79 Å². The number of carbonyl (C=O) groups excluding carboxylic acids is 1. The Hall–Kier alpha value is -2.69. The number of hydrogen-bond acceptors (Lipinski definition) is 9. The second-order valence-electron chi connectivity index (χ2n) is 10.4. The van der Waals surface area contributed by atoms with Crippen LogP contribution in [0.2, 0.25) is 0 Å². The Kier molecular flexibility index (Phi) is 8.81. The molecule has 1 aromatic heterocycles. The van der Waals surface area contributed by atoms with Gasteiger partial charge in [0, 0.05) is 44.0 Å². The molecular formula is C26H42N8O2. The first-order valence-electron chi connectivity index (χ1n) is 13.1. The summed E-state index contributed by atoms with van der Waals surface area (Å²) in [6.07, 6.45) is 3.63. The number of piperidine rings is 1. The van der Waals surface area contributed by atoms with Crippen molar-refractivity contribution < 1.29 is 9.53 Å². The number of rotatable bonds is 8. The number of likely N-dealkylation sites (N-methyl/N-ethyl adjacent to an activating group) is 1. The molecule has 4 rings (SSSR count). The summed E-state index contributed by atoms with van der Waals surface area (Å²) < 4.78 is 5.68. The van der Waals surface area contributed by atoms with Crippen LogP contribution in [0.3, 0.4) is 0 Å². The SMILES string of the molecule is COc1cc2c(NC3CCN(C)CC3)nc(N3CCCN(C)CC3)nc2cc1NC(=O)CCN(C)C. The molecule has 2 aliphatic rings. The molecular weight excluding hydrogens is 456 g/mol. The smallest absolute Gasteiger partial charge is 0.227 e. The maximum absolute atomic E-state index is 12.6. The van der Waals surface area contributed by atoms with Crippen molar-refractivity contribution in [1.29, 1.82) is 0 Å². The van der Waals surface area contributed by atoms with Crippen LogP contribution in [0.25, 0.3) is 10.9 Å². The second kappa shape index (κ2) is 12.0. The molecule has 3 heterocycles. The lowest BCUT2D eigenvalue weighted by molar-refractivity contribution is -0.116. The molecule has 2 N–H and O–H groups in total. The highest BCUT2D eigenvalue weighted by molar-refractivity contribution is 5.99. The first kappa shape index (κ1) is 26.4. The van der Waals surface area contributed by atoms with Crippen LogP contribution >= 0.6 is 0 Å². The van der Waals surface area contributed by atoms with E-state index in [0.717, 1.165) is 81.2 Å². The fourth-order valence-electron chi connectivity index (χ4n) is 4.79. The zero-order valence-electron chi connectivity index (χ0n) is 22.5. The summed E-state index contributed by atoms with van der Waals surface area (Å²) in [6, 6.07) is 4.24. The van der Waals surface area contributed by atoms with E-state index in [1.165, 1.54) is 0 Å². The van der Waals surface area contributed by atoms with Crippen molar-refractivity contribution in [3.05, 3.63) is 12.1 Å². The third kappa shape index (κ3) is 6.74. The third-order valence-electron chi connectivity index (χ3n) is 7.13. The highest BCUT2D eigenvalue weighted by Gasteiger charge is 2.22. The van der Waals surface area contributed by atoms with Gasteiger partial charge in [0.15, 0.2) is 0 Å². The zero-order chi connectivity index (χ0) is 25.7. The molecule has 1 amide bonds. The Morgan fingerprint density at radius 1 is 1.06 bits per heavy atom. The number of ether oxygens (including phenoxy) is 1. The summed E-state index contributed by atoms with van der Waals surface area (Å²) in [5, 5.41) is 7.67. The molecule has 0 aliphatic carbocycles. The van der Waals surface area contributed by atoms with Gasteiger partial charge in [-0.15, -0.1) is 0 Å². The predicted molar refractivity (Wildman–Crippen MR) is 146 cm³/mol. The van der Waals surface area contributed by atoms with E-state index < -0.39 is 0 Å². The molecule has 0 bridgehead atoms. The zero-order valence-corrected chi connectivity index (χ0v) is 22.5. The lowest BCUT2D eigenvalue weighted by Gasteiger charge is -2.30. The number of likely N-dealkylation sites (tertiary alicyclic amines) is 1. The van der Waals surface area contributed by atoms with Gasteiger partial charge in [-0.05, 0) is 79.2 Å². The van der Waals surface area contributed by atoms with Crippen molar-refractivity contribution in [2.45, 2.75) is 31.7 Å². The molecule has 1 aromatic carbocycles. The average Bonchev–Trinajstić information content (AvgIpc) is 3.08. The van der Waals surface area contributed by atoms with E-state index in [1.807, 2.05) is 31.1 Å². The third-order valence-corrected chi connectivity index (χ3v) is 7.13. The summed E-state index contributed by atoms with van der Waals surface area (Å²) >= 11 is 0. The van der Waals surface area contributed by atoms with Crippen molar-refractivity contribution in [3.8, 4) is 5.75 Å². The van der Waals surface area contributed by atoms with Crippen LogP contribution in [0.5, 0.6) is 5.75 Å². The van der Waals surface area contributed by atoms with E-state index in [1.54, 1.807) is 7.11 Å². The summed E-state index contributed by atoms with van der Waals surface area (Å²) in [5.74, 6) is 2.14.